The minimum atomic E-state index is -0.249. The molecule has 0 aliphatic rings. The monoisotopic (exact) mass is 288 g/mol. The van der Waals surface area contributed by atoms with Crippen LogP contribution in [0.15, 0.2) is 48.5 Å². The first-order valence-electron chi connectivity index (χ1n) is 7.05. The molecule has 2 aromatic rings. The summed E-state index contributed by atoms with van der Waals surface area (Å²) in [4.78, 5) is 1.94. The van der Waals surface area contributed by atoms with Crippen LogP contribution < -0.4 is 15.4 Å². The topological polar surface area (TPSA) is 38.5 Å². The lowest BCUT2D eigenvalue weighted by atomic mass is 10.1. The van der Waals surface area contributed by atoms with Crippen LogP contribution in [0, 0.1) is 5.82 Å². The number of hydrogen-bond acceptors (Lipinski definition) is 3. The van der Waals surface area contributed by atoms with Crippen LogP contribution in [-0.4, -0.2) is 20.2 Å². The van der Waals surface area contributed by atoms with Crippen LogP contribution >= 0.6 is 0 Å². The van der Waals surface area contributed by atoms with E-state index in [9.17, 15) is 4.39 Å². The molecule has 0 heterocycles. The van der Waals surface area contributed by atoms with Gasteiger partial charge in [-0.2, -0.15) is 0 Å². The molecule has 0 radical (unpaired) electrons. The molecule has 3 nitrogen and oxygen atoms in total. The molecule has 0 aliphatic heterocycles. The summed E-state index contributed by atoms with van der Waals surface area (Å²) >= 11 is 0. The number of ether oxygens (including phenoxy) is 1. The highest BCUT2D eigenvalue weighted by molar-refractivity contribution is 5.48. The summed E-state index contributed by atoms with van der Waals surface area (Å²) < 4.78 is 19.3. The van der Waals surface area contributed by atoms with Crippen molar-refractivity contribution in [3.63, 3.8) is 0 Å². The van der Waals surface area contributed by atoms with Gasteiger partial charge >= 0.3 is 0 Å². The van der Waals surface area contributed by atoms with Gasteiger partial charge in [-0.05, 0) is 25.1 Å². The van der Waals surface area contributed by atoms with Crippen LogP contribution in [-0.2, 0) is 0 Å². The van der Waals surface area contributed by atoms with Crippen molar-refractivity contribution in [2.75, 3.05) is 25.1 Å². The third-order valence-corrected chi connectivity index (χ3v) is 3.53. The second-order valence-electron chi connectivity index (χ2n) is 4.84. The minimum Gasteiger partial charge on any atom is -0.496 e. The van der Waals surface area contributed by atoms with Crippen LogP contribution in [0.3, 0.4) is 0 Å². The Labute approximate surface area is 125 Å². The fourth-order valence-electron chi connectivity index (χ4n) is 2.41. The van der Waals surface area contributed by atoms with Crippen LogP contribution in [0.1, 0.15) is 18.5 Å². The molecule has 2 rings (SSSR count). The van der Waals surface area contributed by atoms with E-state index in [2.05, 4.69) is 0 Å². The maximum absolute atomic E-state index is 13.9. The maximum Gasteiger partial charge on any atom is 0.146 e. The third-order valence-electron chi connectivity index (χ3n) is 3.53. The number of benzene rings is 2. The summed E-state index contributed by atoms with van der Waals surface area (Å²) in [5, 5.41) is 0. The molecular weight excluding hydrogens is 267 g/mol. The van der Waals surface area contributed by atoms with E-state index in [1.165, 1.54) is 6.07 Å². The van der Waals surface area contributed by atoms with Gasteiger partial charge in [0.15, 0.2) is 0 Å². The Morgan fingerprint density at radius 1 is 1.14 bits per heavy atom. The predicted octanol–water partition coefficient (Wildman–Crippen LogP) is 3.36. The highest BCUT2D eigenvalue weighted by Crippen LogP contribution is 2.26. The molecule has 2 N–H and O–H groups in total. The van der Waals surface area contributed by atoms with E-state index in [0.29, 0.717) is 18.8 Å². The highest BCUT2D eigenvalue weighted by Gasteiger charge is 2.17. The van der Waals surface area contributed by atoms with Gasteiger partial charge in [0.2, 0.25) is 0 Å². The number of hydrogen-bond donors (Lipinski definition) is 1. The molecule has 0 amide bonds. The number of likely N-dealkylation sites (N-methyl/N-ethyl adjacent to an activating group) is 1. The molecule has 2 aromatic carbocycles. The van der Waals surface area contributed by atoms with Crippen LogP contribution in [0.5, 0.6) is 5.75 Å². The number of rotatable bonds is 6. The first kappa shape index (κ1) is 15.3. The van der Waals surface area contributed by atoms with E-state index in [1.54, 1.807) is 19.2 Å². The average molecular weight is 288 g/mol. The van der Waals surface area contributed by atoms with Crippen molar-refractivity contribution >= 4 is 5.69 Å². The summed E-state index contributed by atoms with van der Waals surface area (Å²) in [7, 11) is 1.63. The SMILES string of the molecule is CCN(CC(N)c1ccccc1OC)c1ccccc1F. The lowest BCUT2D eigenvalue weighted by Crippen LogP contribution is -2.32. The summed E-state index contributed by atoms with van der Waals surface area (Å²) in [5.74, 6) is 0.529. The van der Waals surface area contributed by atoms with Crippen molar-refractivity contribution in [3.8, 4) is 5.75 Å². The number of para-hydroxylation sites is 2. The normalized spacial score (nSPS) is 12.0. The van der Waals surface area contributed by atoms with Crippen LogP contribution in [0.25, 0.3) is 0 Å². The predicted molar refractivity (Wildman–Crippen MR) is 84.2 cm³/mol. The molecule has 0 aliphatic carbocycles. The number of anilines is 1. The molecular formula is C17H21FN2O. The summed E-state index contributed by atoms with van der Waals surface area (Å²) in [6.45, 7) is 3.20. The lowest BCUT2D eigenvalue weighted by Gasteiger charge is -2.27. The van der Waals surface area contributed by atoms with E-state index in [4.69, 9.17) is 10.5 Å². The van der Waals surface area contributed by atoms with Gasteiger partial charge in [0, 0.05) is 18.7 Å². The van der Waals surface area contributed by atoms with E-state index < -0.39 is 0 Å². The van der Waals surface area contributed by atoms with E-state index in [0.717, 1.165) is 11.3 Å². The van der Waals surface area contributed by atoms with Crippen molar-refractivity contribution in [3.05, 3.63) is 59.9 Å². The molecule has 0 fully saturated rings. The Bertz CT molecular complexity index is 589. The fourth-order valence-corrected chi connectivity index (χ4v) is 2.41. The minimum absolute atomic E-state index is 0.230. The number of nitrogens with two attached hydrogens (primary N) is 1. The van der Waals surface area contributed by atoms with Gasteiger partial charge in [-0.1, -0.05) is 30.3 Å². The Balaban J connectivity index is 2.20. The van der Waals surface area contributed by atoms with Crippen molar-refractivity contribution in [2.45, 2.75) is 13.0 Å². The van der Waals surface area contributed by atoms with Crippen LogP contribution in [0.4, 0.5) is 10.1 Å². The van der Waals surface area contributed by atoms with Crippen molar-refractivity contribution in [1.29, 1.82) is 0 Å². The second-order valence-corrected chi connectivity index (χ2v) is 4.84. The molecule has 112 valence electrons. The summed E-state index contributed by atoms with van der Waals surface area (Å²) in [5.41, 5.74) is 7.79. The first-order valence-corrected chi connectivity index (χ1v) is 7.05. The lowest BCUT2D eigenvalue weighted by molar-refractivity contribution is 0.405. The first-order chi connectivity index (χ1) is 10.2. The molecule has 4 heteroatoms. The molecule has 0 saturated carbocycles. The van der Waals surface area contributed by atoms with Gasteiger partial charge in [0.1, 0.15) is 11.6 Å². The average Bonchev–Trinajstić information content (AvgIpc) is 2.53. The highest BCUT2D eigenvalue weighted by atomic mass is 19.1. The van der Waals surface area contributed by atoms with Crippen LogP contribution in [0.2, 0.25) is 0 Å². The molecule has 0 aromatic heterocycles. The molecule has 21 heavy (non-hydrogen) atoms. The Morgan fingerprint density at radius 2 is 1.81 bits per heavy atom. The van der Waals surface area contributed by atoms with Crippen molar-refractivity contribution < 1.29 is 9.13 Å². The summed E-state index contributed by atoms with van der Waals surface area (Å²) in [6.07, 6.45) is 0. The smallest absolute Gasteiger partial charge is 0.146 e. The fraction of sp³-hybridized carbons (Fsp3) is 0.294. The van der Waals surface area contributed by atoms with E-state index >= 15 is 0 Å². The largest absolute Gasteiger partial charge is 0.496 e. The standard InChI is InChI=1S/C17H21FN2O/c1-3-20(16-10-6-5-9-14(16)18)12-15(19)13-8-4-7-11-17(13)21-2/h4-11,15H,3,12,19H2,1-2H3. The van der Waals surface area contributed by atoms with E-state index in [1.807, 2.05) is 42.2 Å². The van der Waals surface area contributed by atoms with Crippen molar-refractivity contribution in [1.82, 2.24) is 0 Å². The third kappa shape index (κ3) is 3.52. The van der Waals surface area contributed by atoms with Crippen molar-refractivity contribution in [2.24, 2.45) is 5.73 Å². The van der Waals surface area contributed by atoms with Gasteiger partial charge < -0.3 is 15.4 Å². The number of nitrogens with zero attached hydrogens (tertiary/aromatic N) is 1. The Hall–Kier alpha value is -2.07. The zero-order valence-corrected chi connectivity index (χ0v) is 12.4. The summed E-state index contributed by atoms with van der Waals surface area (Å²) in [6, 6.07) is 14.2. The Kier molecular flexibility index (Phi) is 5.17. The van der Waals surface area contributed by atoms with Gasteiger partial charge in [-0.25, -0.2) is 4.39 Å². The zero-order valence-electron chi connectivity index (χ0n) is 12.4. The molecule has 0 bridgehead atoms. The zero-order chi connectivity index (χ0) is 15.2. The quantitative estimate of drug-likeness (QED) is 0.886. The van der Waals surface area contributed by atoms with E-state index in [-0.39, 0.29) is 11.9 Å². The number of halogens is 1. The second kappa shape index (κ2) is 7.09. The van der Waals surface area contributed by atoms with Gasteiger partial charge in [0.05, 0.1) is 18.8 Å². The molecule has 0 saturated heterocycles. The molecule has 0 spiro atoms. The molecule has 1 unspecified atom stereocenters. The Morgan fingerprint density at radius 3 is 2.48 bits per heavy atom. The van der Waals surface area contributed by atoms with Gasteiger partial charge in [0.25, 0.3) is 0 Å². The number of methoxy groups -OCH3 is 1. The maximum atomic E-state index is 13.9. The molecule has 1 atom stereocenters. The van der Waals surface area contributed by atoms with Gasteiger partial charge in [-0.15, -0.1) is 0 Å². The van der Waals surface area contributed by atoms with Gasteiger partial charge in [-0.3, -0.25) is 0 Å².